The Balaban J connectivity index is 1.39. The standard InChI is InChI=1S/C22H21N3OS/c26-21(24-18-7-3-5-15-14-23-12-9-16(15)18)25-19-13-22(10-4-11-22)27-20-8-2-1-6-17(19)20/h1-3,5-9,12,14,19H,4,10-11,13H2,(H2,24,25,26). The fourth-order valence-electron chi connectivity index (χ4n) is 4.17. The van der Waals surface area contributed by atoms with Crippen LogP contribution < -0.4 is 10.6 Å². The van der Waals surface area contributed by atoms with Gasteiger partial charge in [-0.3, -0.25) is 4.98 Å². The highest BCUT2D eigenvalue weighted by Crippen LogP contribution is 2.56. The zero-order valence-corrected chi connectivity index (χ0v) is 15.8. The van der Waals surface area contributed by atoms with Gasteiger partial charge in [-0.25, -0.2) is 4.79 Å². The van der Waals surface area contributed by atoms with Gasteiger partial charge in [-0.15, -0.1) is 11.8 Å². The van der Waals surface area contributed by atoms with Gasteiger partial charge in [-0.2, -0.15) is 0 Å². The maximum Gasteiger partial charge on any atom is 0.319 e. The Morgan fingerprint density at radius 3 is 2.85 bits per heavy atom. The number of amides is 2. The van der Waals surface area contributed by atoms with Crippen molar-refractivity contribution in [2.45, 2.75) is 41.4 Å². The van der Waals surface area contributed by atoms with Gasteiger partial charge in [-0.1, -0.05) is 36.8 Å². The Hall–Kier alpha value is -2.53. The Bertz CT molecular complexity index is 1010. The van der Waals surface area contributed by atoms with Gasteiger partial charge in [0.2, 0.25) is 0 Å². The molecule has 1 aliphatic heterocycles. The molecule has 27 heavy (non-hydrogen) atoms. The van der Waals surface area contributed by atoms with E-state index in [-0.39, 0.29) is 12.1 Å². The number of fused-ring (bicyclic) bond motifs is 2. The molecule has 1 atom stereocenters. The van der Waals surface area contributed by atoms with Crippen molar-refractivity contribution in [1.82, 2.24) is 10.3 Å². The van der Waals surface area contributed by atoms with Crippen molar-refractivity contribution >= 4 is 34.3 Å². The number of hydrogen-bond donors (Lipinski definition) is 2. The molecule has 2 aliphatic rings. The van der Waals surface area contributed by atoms with E-state index >= 15 is 0 Å². The van der Waals surface area contributed by atoms with Gasteiger partial charge in [0, 0.05) is 32.8 Å². The minimum atomic E-state index is -0.152. The van der Waals surface area contributed by atoms with E-state index in [1.54, 1.807) is 6.20 Å². The number of benzene rings is 2. The molecule has 0 radical (unpaired) electrons. The van der Waals surface area contributed by atoms with E-state index in [0.29, 0.717) is 4.75 Å². The average molecular weight is 375 g/mol. The summed E-state index contributed by atoms with van der Waals surface area (Å²) in [5, 5.41) is 8.29. The Labute approximate surface area is 162 Å². The van der Waals surface area contributed by atoms with Gasteiger partial charge in [0.25, 0.3) is 0 Å². The third-order valence-corrected chi connectivity index (χ3v) is 7.30. The molecule has 1 aromatic heterocycles. The lowest BCUT2D eigenvalue weighted by atomic mass is 9.78. The van der Waals surface area contributed by atoms with Crippen LogP contribution in [0, 0.1) is 0 Å². The summed E-state index contributed by atoms with van der Waals surface area (Å²) in [7, 11) is 0. The number of carbonyl (C=O) groups excluding carboxylic acids is 1. The molecule has 2 amide bonds. The van der Waals surface area contributed by atoms with Gasteiger partial charge < -0.3 is 10.6 Å². The number of hydrogen-bond acceptors (Lipinski definition) is 3. The molecule has 1 spiro atoms. The molecule has 0 bridgehead atoms. The molecule has 0 saturated heterocycles. The van der Waals surface area contributed by atoms with Crippen LogP contribution in [0.5, 0.6) is 0 Å². The molecule has 4 nitrogen and oxygen atoms in total. The van der Waals surface area contributed by atoms with Crippen LogP contribution in [0.4, 0.5) is 10.5 Å². The van der Waals surface area contributed by atoms with E-state index < -0.39 is 0 Å². The van der Waals surface area contributed by atoms with E-state index in [4.69, 9.17) is 0 Å². The largest absolute Gasteiger partial charge is 0.331 e. The third-order valence-electron chi connectivity index (χ3n) is 5.70. The summed E-state index contributed by atoms with van der Waals surface area (Å²) in [5.41, 5.74) is 2.04. The average Bonchev–Trinajstić information content (AvgIpc) is 2.67. The molecule has 3 aromatic rings. The van der Waals surface area contributed by atoms with Crippen molar-refractivity contribution in [3.63, 3.8) is 0 Å². The second-order valence-corrected chi connectivity index (χ2v) is 8.94. The van der Waals surface area contributed by atoms with Gasteiger partial charge >= 0.3 is 6.03 Å². The molecule has 1 unspecified atom stereocenters. The number of carbonyl (C=O) groups is 1. The summed E-state index contributed by atoms with van der Waals surface area (Å²) in [5.74, 6) is 0. The normalized spacial score (nSPS) is 19.9. The number of rotatable bonds is 2. The van der Waals surface area contributed by atoms with Gasteiger partial charge in [0.05, 0.1) is 11.7 Å². The van der Waals surface area contributed by atoms with Gasteiger partial charge in [0.1, 0.15) is 0 Å². The van der Waals surface area contributed by atoms with Gasteiger partial charge in [0.15, 0.2) is 0 Å². The lowest BCUT2D eigenvalue weighted by molar-refractivity contribution is 0.241. The second kappa shape index (κ2) is 6.57. The molecule has 1 aliphatic carbocycles. The van der Waals surface area contributed by atoms with Crippen molar-refractivity contribution in [3.05, 3.63) is 66.5 Å². The molecular weight excluding hydrogens is 354 g/mol. The summed E-state index contributed by atoms with van der Waals surface area (Å²) < 4.78 is 0.303. The first-order valence-corrected chi connectivity index (χ1v) is 10.2. The van der Waals surface area contributed by atoms with E-state index in [2.05, 4.69) is 39.9 Å². The molecule has 136 valence electrons. The molecule has 1 saturated carbocycles. The van der Waals surface area contributed by atoms with Crippen LogP contribution in [0.15, 0.2) is 65.8 Å². The summed E-state index contributed by atoms with van der Waals surface area (Å²) in [6, 6.07) is 16.2. The van der Waals surface area contributed by atoms with Crippen LogP contribution >= 0.6 is 11.8 Å². The number of pyridine rings is 1. The SMILES string of the molecule is O=C(Nc1cccc2cnccc12)NC1CC2(CCC2)Sc2ccccc21. The van der Waals surface area contributed by atoms with Crippen LogP contribution in [0.1, 0.15) is 37.3 Å². The first-order chi connectivity index (χ1) is 13.2. The molecular formula is C22H21N3OS. The number of nitrogens with one attached hydrogen (secondary N) is 2. The zero-order valence-electron chi connectivity index (χ0n) is 14.9. The summed E-state index contributed by atoms with van der Waals surface area (Å²) >= 11 is 2.00. The summed E-state index contributed by atoms with van der Waals surface area (Å²) in [6.45, 7) is 0. The van der Waals surface area contributed by atoms with E-state index in [0.717, 1.165) is 22.9 Å². The molecule has 5 rings (SSSR count). The molecule has 2 aromatic carbocycles. The lowest BCUT2D eigenvalue weighted by Gasteiger charge is -2.47. The number of thioether (sulfide) groups is 1. The minimum Gasteiger partial charge on any atom is -0.331 e. The molecule has 5 heteroatoms. The monoisotopic (exact) mass is 375 g/mol. The fourth-order valence-corrected chi connectivity index (χ4v) is 5.86. The lowest BCUT2D eigenvalue weighted by Crippen LogP contribution is -2.43. The first-order valence-electron chi connectivity index (χ1n) is 9.41. The van der Waals surface area contributed by atoms with Crippen LogP contribution in [0.25, 0.3) is 10.8 Å². The summed E-state index contributed by atoms with van der Waals surface area (Å²) in [6.07, 6.45) is 8.33. The highest BCUT2D eigenvalue weighted by atomic mass is 32.2. The summed E-state index contributed by atoms with van der Waals surface area (Å²) in [4.78, 5) is 18.3. The number of urea groups is 1. The Kier molecular flexibility index (Phi) is 4.05. The highest BCUT2D eigenvalue weighted by molar-refractivity contribution is 8.00. The minimum absolute atomic E-state index is 0.0550. The van der Waals surface area contributed by atoms with Crippen molar-refractivity contribution in [2.75, 3.05) is 5.32 Å². The third kappa shape index (κ3) is 3.06. The topological polar surface area (TPSA) is 54.0 Å². The maximum atomic E-state index is 12.8. The van der Waals surface area contributed by atoms with Crippen LogP contribution in [0.3, 0.4) is 0 Å². The smallest absolute Gasteiger partial charge is 0.319 e. The van der Waals surface area contributed by atoms with Crippen LogP contribution in [0.2, 0.25) is 0 Å². The Morgan fingerprint density at radius 2 is 2.00 bits per heavy atom. The van der Waals surface area contributed by atoms with E-state index in [9.17, 15) is 4.79 Å². The van der Waals surface area contributed by atoms with Crippen molar-refractivity contribution in [2.24, 2.45) is 0 Å². The highest BCUT2D eigenvalue weighted by Gasteiger charge is 2.44. The van der Waals surface area contributed by atoms with E-state index in [1.165, 1.54) is 29.7 Å². The van der Waals surface area contributed by atoms with Gasteiger partial charge in [-0.05, 0) is 43.0 Å². The number of aromatic nitrogens is 1. The fraction of sp³-hybridized carbons (Fsp3) is 0.273. The molecule has 2 N–H and O–H groups in total. The molecule has 2 heterocycles. The Morgan fingerprint density at radius 1 is 1.11 bits per heavy atom. The molecule has 1 fully saturated rings. The predicted molar refractivity (Wildman–Crippen MR) is 110 cm³/mol. The van der Waals surface area contributed by atoms with Crippen molar-refractivity contribution < 1.29 is 4.79 Å². The zero-order chi connectivity index (χ0) is 18.3. The van der Waals surface area contributed by atoms with Crippen LogP contribution in [-0.4, -0.2) is 15.8 Å². The van der Waals surface area contributed by atoms with E-state index in [1.807, 2.05) is 42.2 Å². The number of nitrogens with zero attached hydrogens (tertiary/aromatic N) is 1. The van der Waals surface area contributed by atoms with Crippen molar-refractivity contribution in [1.29, 1.82) is 0 Å². The second-order valence-electron chi connectivity index (χ2n) is 7.43. The first kappa shape index (κ1) is 16.6. The van der Waals surface area contributed by atoms with Crippen molar-refractivity contribution in [3.8, 4) is 0 Å². The number of anilines is 1. The predicted octanol–water partition coefficient (Wildman–Crippen LogP) is 5.52. The van der Waals surface area contributed by atoms with Crippen LogP contribution in [-0.2, 0) is 0 Å². The quantitative estimate of drug-likeness (QED) is 0.620. The maximum absolute atomic E-state index is 12.8.